The number of methoxy groups -OCH3 is 1. The number of nitrogens with zero attached hydrogens (tertiary/aromatic N) is 1. The molecule has 304 valence electrons. The normalized spacial score (nSPS) is 25.2. The van der Waals surface area contributed by atoms with Gasteiger partial charge in [0.05, 0.1) is 17.6 Å². The summed E-state index contributed by atoms with van der Waals surface area (Å²) in [5.74, 6) is -1.96. The zero-order valence-electron chi connectivity index (χ0n) is 33.2. The highest BCUT2D eigenvalue weighted by atomic mass is 19.1. The van der Waals surface area contributed by atoms with Crippen molar-refractivity contribution in [1.29, 1.82) is 0 Å². The number of furan rings is 1. The molecule has 3 fully saturated rings. The molecule has 3 amide bonds. The summed E-state index contributed by atoms with van der Waals surface area (Å²) < 4.78 is 40.8. The lowest BCUT2D eigenvalue weighted by molar-refractivity contribution is -0.161. The Morgan fingerprint density at radius 3 is 2.22 bits per heavy atom. The van der Waals surface area contributed by atoms with Gasteiger partial charge < -0.3 is 38.9 Å². The average Bonchev–Trinajstić information content (AvgIpc) is 3.78. The topological polar surface area (TPSA) is 163 Å². The molecule has 3 aliphatic rings. The predicted octanol–water partition coefficient (Wildman–Crippen LogP) is 7.17. The van der Waals surface area contributed by atoms with Crippen LogP contribution in [0.5, 0.6) is 0 Å². The van der Waals surface area contributed by atoms with Crippen LogP contribution in [0.2, 0.25) is 0 Å². The van der Waals surface area contributed by atoms with Gasteiger partial charge >= 0.3 is 18.0 Å². The second-order valence-electron chi connectivity index (χ2n) is 17.3. The fraction of sp³-hybridized carbons (Fsp3) is 0.683. The molecule has 1 aliphatic heterocycles. The van der Waals surface area contributed by atoms with Gasteiger partial charge in [0, 0.05) is 30.6 Å². The van der Waals surface area contributed by atoms with Gasteiger partial charge in [0.15, 0.2) is 0 Å². The first kappa shape index (κ1) is 42.0. The highest BCUT2D eigenvalue weighted by Gasteiger charge is 2.47. The molecule has 2 aromatic rings. The van der Waals surface area contributed by atoms with E-state index >= 15 is 0 Å². The largest absolute Gasteiger partial charge is 0.449 e. The van der Waals surface area contributed by atoms with Crippen molar-refractivity contribution in [2.24, 2.45) is 29.1 Å². The van der Waals surface area contributed by atoms with Crippen LogP contribution >= 0.6 is 0 Å². The zero-order chi connectivity index (χ0) is 40.1. The number of benzene rings is 1. The maximum absolute atomic E-state index is 14.3. The molecule has 13 nitrogen and oxygen atoms in total. The van der Waals surface area contributed by atoms with E-state index in [2.05, 4.69) is 10.6 Å². The zero-order valence-corrected chi connectivity index (χ0v) is 33.2. The number of alkyl carbamates (subject to hydrolysis) is 1. The third-order valence-corrected chi connectivity index (χ3v) is 11.2. The molecular formula is C41H58FN3O10. The smallest absolute Gasteiger partial charge is 0.407 e. The number of hydrogen-bond donors (Lipinski definition) is 2. The lowest BCUT2D eigenvalue weighted by Gasteiger charge is -2.38. The number of hydrogen-bond acceptors (Lipinski definition) is 10. The molecule has 1 saturated heterocycles. The number of halogens is 1. The number of carbonyl (C=O) groups excluding carboxylic acids is 5. The fourth-order valence-corrected chi connectivity index (χ4v) is 8.25. The summed E-state index contributed by atoms with van der Waals surface area (Å²) in [7, 11) is 1.73. The number of amides is 3. The molecule has 1 aromatic heterocycles. The SMILES string of the molecule is COC1CCC([C@@H]2CCN(C(=O)C3CCC([C@@H](CF)NC(=O)OC(C)(C)C)CC3)[C@@H]2C(=O)Nc2ccc3oc(C(=O)OCOC(=O)C(C)(C)C)cc3c2)CC1. The molecule has 1 aromatic carbocycles. The van der Waals surface area contributed by atoms with Crippen LogP contribution in [-0.2, 0) is 33.3 Å². The van der Waals surface area contributed by atoms with Crippen molar-refractivity contribution in [3.63, 3.8) is 0 Å². The van der Waals surface area contributed by atoms with Crippen LogP contribution in [-0.4, -0.2) is 85.7 Å². The molecule has 14 heteroatoms. The Hall–Kier alpha value is -4.20. The minimum atomic E-state index is -0.803. The van der Waals surface area contributed by atoms with Crippen LogP contribution in [0.15, 0.2) is 28.7 Å². The first-order chi connectivity index (χ1) is 26.0. The third kappa shape index (κ3) is 10.8. The minimum Gasteiger partial charge on any atom is -0.449 e. The van der Waals surface area contributed by atoms with Crippen molar-refractivity contribution in [2.75, 3.05) is 32.4 Å². The number of carbonyl (C=O) groups is 5. The van der Waals surface area contributed by atoms with Crippen LogP contribution in [0.4, 0.5) is 14.9 Å². The number of likely N-dealkylation sites (tertiary alicyclic amines) is 1. The number of alkyl halides is 1. The molecule has 2 aliphatic carbocycles. The standard InChI is InChI=1S/C41H58FN3O10/c1-40(2,3)38(49)53-23-52-37(48)33-21-27-20-28(14-17-32(27)54-33)43-35(46)34-30(24-12-15-29(51-7)16-13-24)18-19-45(34)36(47)26-10-8-25(9-11-26)31(22-42)44-39(50)55-41(4,5)6/h14,17,20-21,24-26,29-31,34H,8-13,15-16,18-19,22-23H2,1-7H3,(H,43,46)(H,44,50)/t24?,25?,26?,29?,30-,31+,34-/m0/s1. The molecule has 2 saturated carbocycles. The first-order valence-electron chi connectivity index (χ1n) is 19.5. The van der Waals surface area contributed by atoms with Crippen molar-refractivity contribution in [1.82, 2.24) is 10.2 Å². The van der Waals surface area contributed by atoms with Gasteiger partial charge in [0.25, 0.3) is 0 Å². The van der Waals surface area contributed by atoms with Gasteiger partial charge in [-0.15, -0.1) is 0 Å². The molecule has 2 heterocycles. The van der Waals surface area contributed by atoms with Crippen LogP contribution in [0.25, 0.3) is 11.0 Å². The number of anilines is 1. The Balaban J connectivity index is 1.26. The van der Waals surface area contributed by atoms with E-state index in [1.807, 2.05) is 0 Å². The van der Waals surface area contributed by atoms with Gasteiger partial charge in [-0.25, -0.2) is 14.0 Å². The van der Waals surface area contributed by atoms with E-state index in [9.17, 15) is 28.4 Å². The number of fused-ring (bicyclic) bond motifs is 1. The molecule has 3 atom stereocenters. The Bertz CT molecular complexity index is 1680. The van der Waals surface area contributed by atoms with E-state index in [0.29, 0.717) is 55.3 Å². The summed E-state index contributed by atoms with van der Waals surface area (Å²) in [6.07, 6.45) is 6.06. The van der Waals surface area contributed by atoms with Crippen molar-refractivity contribution < 1.29 is 51.7 Å². The van der Waals surface area contributed by atoms with E-state index in [0.717, 1.165) is 25.7 Å². The Kier molecular flexibility index (Phi) is 13.5. The maximum Gasteiger partial charge on any atom is 0.407 e. The summed E-state index contributed by atoms with van der Waals surface area (Å²) in [6.45, 7) is 9.51. The summed E-state index contributed by atoms with van der Waals surface area (Å²) in [5, 5.41) is 6.28. The molecule has 55 heavy (non-hydrogen) atoms. The summed E-state index contributed by atoms with van der Waals surface area (Å²) >= 11 is 0. The minimum absolute atomic E-state index is 0.0292. The maximum atomic E-state index is 14.3. The van der Waals surface area contributed by atoms with Crippen LogP contribution < -0.4 is 10.6 Å². The van der Waals surface area contributed by atoms with Crippen molar-refractivity contribution in [3.05, 3.63) is 30.0 Å². The summed E-state index contributed by atoms with van der Waals surface area (Å²) in [5.41, 5.74) is -0.572. The monoisotopic (exact) mass is 771 g/mol. The Morgan fingerprint density at radius 1 is 0.909 bits per heavy atom. The second kappa shape index (κ2) is 17.7. The van der Waals surface area contributed by atoms with Gasteiger partial charge in [-0.2, -0.15) is 0 Å². The van der Waals surface area contributed by atoms with Crippen LogP contribution in [0.3, 0.4) is 0 Å². The highest BCUT2D eigenvalue weighted by Crippen LogP contribution is 2.42. The first-order valence-corrected chi connectivity index (χ1v) is 19.5. The number of esters is 2. The van der Waals surface area contributed by atoms with Crippen molar-refractivity contribution in [2.45, 2.75) is 123 Å². The number of nitrogens with one attached hydrogen (secondary N) is 2. The Morgan fingerprint density at radius 2 is 1.60 bits per heavy atom. The highest BCUT2D eigenvalue weighted by molar-refractivity contribution is 6.00. The molecular weight excluding hydrogens is 713 g/mol. The van der Waals surface area contributed by atoms with Crippen LogP contribution in [0, 0.1) is 29.1 Å². The molecule has 0 radical (unpaired) electrons. The molecule has 0 spiro atoms. The van der Waals surface area contributed by atoms with Gasteiger partial charge in [-0.05, 0) is 141 Å². The fourth-order valence-electron chi connectivity index (χ4n) is 8.25. The average molecular weight is 772 g/mol. The van der Waals surface area contributed by atoms with Gasteiger partial charge in [-0.3, -0.25) is 14.4 Å². The molecule has 5 rings (SSSR count). The molecule has 0 unspecified atom stereocenters. The summed E-state index contributed by atoms with van der Waals surface area (Å²) in [6, 6.07) is 5.13. The third-order valence-electron chi connectivity index (χ3n) is 11.2. The molecule has 2 N–H and O–H groups in total. The van der Waals surface area contributed by atoms with E-state index in [4.69, 9.17) is 23.4 Å². The summed E-state index contributed by atoms with van der Waals surface area (Å²) in [4.78, 5) is 67.3. The second-order valence-corrected chi connectivity index (χ2v) is 17.3. The lowest BCUT2D eigenvalue weighted by atomic mass is 9.75. The van der Waals surface area contributed by atoms with E-state index in [1.165, 1.54) is 6.07 Å². The lowest BCUT2D eigenvalue weighted by Crippen LogP contribution is -2.50. The van der Waals surface area contributed by atoms with Crippen molar-refractivity contribution >= 4 is 46.5 Å². The van der Waals surface area contributed by atoms with Gasteiger partial charge in [-0.1, -0.05) is 0 Å². The number of ether oxygens (including phenoxy) is 4. The quantitative estimate of drug-likeness (QED) is 0.177. The Labute approximate surface area is 322 Å². The van der Waals surface area contributed by atoms with E-state index < -0.39 is 54.6 Å². The van der Waals surface area contributed by atoms with Crippen molar-refractivity contribution in [3.8, 4) is 0 Å². The van der Waals surface area contributed by atoms with Gasteiger partial charge in [0.2, 0.25) is 24.4 Å². The number of rotatable bonds is 11. The van der Waals surface area contributed by atoms with E-state index in [-0.39, 0.29) is 47.4 Å². The van der Waals surface area contributed by atoms with Gasteiger partial charge in [0.1, 0.15) is 23.9 Å². The van der Waals surface area contributed by atoms with Crippen LogP contribution in [0.1, 0.15) is 110 Å². The molecule has 0 bridgehead atoms. The van der Waals surface area contributed by atoms with E-state index in [1.54, 1.807) is 71.8 Å². The predicted molar refractivity (Wildman–Crippen MR) is 202 cm³/mol.